The van der Waals surface area contributed by atoms with Crippen molar-refractivity contribution in [2.24, 2.45) is 0 Å². The zero-order chi connectivity index (χ0) is 13.4. The van der Waals surface area contributed by atoms with Crippen LogP contribution in [0.4, 0.5) is 0 Å². The Morgan fingerprint density at radius 1 is 1.50 bits per heavy atom. The molecule has 2 rings (SSSR count). The van der Waals surface area contributed by atoms with Crippen LogP contribution in [0.3, 0.4) is 0 Å². The van der Waals surface area contributed by atoms with Crippen molar-refractivity contribution >= 4 is 15.9 Å². The fraction of sp³-hybridized carbons (Fsp3) is 0.909. The smallest absolute Gasteiger partial charge is 0.241 e. The van der Waals surface area contributed by atoms with Crippen molar-refractivity contribution in [3.63, 3.8) is 0 Å². The van der Waals surface area contributed by atoms with Crippen LogP contribution in [0.1, 0.15) is 26.7 Å². The van der Waals surface area contributed by atoms with Gasteiger partial charge in [0.2, 0.25) is 15.9 Å². The predicted octanol–water partition coefficient (Wildman–Crippen LogP) is -0.294. The van der Waals surface area contributed by atoms with Crippen LogP contribution in [0.2, 0.25) is 0 Å². The van der Waals surface area contributed by atoms with Crippen molar-refractivity contribution in [1.82, 2.24) is 9.62 Å². The number of amides is 1. The molecule has 0 aromatic carbocycles. The second kappa shape index (κ2) is 4.79. The summed E-state index contributed by atoms with van der Waals surface area (Å²) >= 11 is 0. The van der Waals surface area contributed by atoms with E-state index in [1.807, 2.05) is 0 Å². The Bertz CT molecular complexity index is 426. The second-order valence-electron chi connectivity index (χ2n) is 5.30. The molecule has 0 aromatic rings. The molecule has 2 aliphatic heterocycles. The molecule has 1 atom stereocenters. The molecule has 0 saturated carbocycles. The Kier molecular flexibility index (Phi) is 3.66. The Morgan fingerprint density at radius 3 is 2.83 bits per heavy atom. The largest absolute Gasteiger partial charge is 0.377 e. The minimum absolute atomic E-state index is 0.0241. The van der Waals surface area contributed by atoms with Gasteiger partial charge in [-0.05, 0) is 26.7 Å². The summed E-state index contributed by atoms with van der Waals surface area (Å²) in [6.45, 7) is 4.59. The normalized spacial score (nSPS) is 29.2. The molecule has 1 N–H and O–H groups in total. The number of ether oxygens (including phenoxy) is 1. The lowest BCUT2D eigenvalue weighted by atomic mass is 10.0. The fourth-order valence-corrected chi connectivity index (χ4v) is 4.53. The number of hydrogen-bond acceptors (Lipinski definition) is 4. The number of piperazine rings is 1. The van der Waals surface area contributed by atoms with Gasteiger partial charge in [-0.3, -0.25) is 4.79 Å². The highest BCUT2D eigenvalue weighted by Gasteiger charge is 2.45. The first-order chi connectivity index (χ1) is 8.34. The number of nitrogens with one attached hydrogen (secondary N) is 1. The fourth-order valence-electron chi connectivity index (χ4n) is 2.47. The average Bonchev–Trinajstić information content (AvgIpc) is 2.73. The van der Waals surface area contributed by atoms with Gasteiger partial charge in [0.1, 0.15) is 5.54 Å². The zero-order valence-corrected chi connectivity index (χ0v) is 11.6. The van der Waals surface area contributed by atoms with Gasteiger partial charge in [0.05, 0.1) is 11.9 Å². The molecule has 104 valence electrons. The van der Waals surface area contributed by atoms with Crippen LogP contribution in [0.5, 0.6) is 0 Å². The molecule has 2 saturated heterocycles. The minimum Gasteiger partial charge on any atom is -0.377 e. The average molecular weight is 276 g/mol. The van der Waals surface area contributed by atoms with Crippen LogP contribution in [0.15, 0.2) is 0 Å². The minimum atomic E-state index is -3.46. The van der Waals surface area contributed by atoms with Crippen LogP contribution in [0.25, 0.3) is 0 Å². The summed E-state index contributed by atoms with van der Waals surface area (Å²) in [6, 6.07) is 0. The van der Waals surface area contributed by atoms with Crippen LogP contribution in [-0.4, -0.2) is 55.7 Å². The van der Waals surface area contributed by atoms with Gasteiger partial charge in [0.25, 0.3) is 0 Å². The van der Waals surface area contributed by atoms with E-state index in [0.29, 0.717) is 19.7 Å². The third-order valence-electron chi connectivity index (χ3n) is 3.54. The quantitative estimate of drug-likeness (QED) is 0.768. The van der Waals surface area contributed by atoms with Crippen LogP contribution < -0.4 is 5.32 Å². The highest BCUT2D eigenvalue weighted by Crippen LogP contribution is 2.24. The van der Waals surface area contributed by atoms with E-state index >= 15 is 0 Å². The number of carbonyl (C=O) groups is 1. The molecule has 0 aliphatic carbocycles. The molecule has 2 aliphatic rings. The summed E-state index contributed by atoms with van der Waals surface area (Å²) in [7, 11) is -3.46. The van der Waals surface area contributed by atoms with E-state index < -0.39 is 15.6 Å². The Hall–Kier alpha value is -0.660. The van der Waals surface area contributed by atoms with Crippen molar-refractivity contribution in [3.05, 3.63) is 0 Å². The molecule has 7 heteroatoms. The van der Waals surface area contributed by atoms with E-state index in [0.717, 1.165) is 12.8 Å². The molecule has 0 bridgehead atoms. The number of sulfonamides is 1. The van der Waals surface area contributed by atoms with Gasteiger partial charge in [-0.15, -0.1) is 0 Å². The van der Waals surface area contributed by atoms with Crippen molar-refractivity contribution in [2.75, 3.05) is 25.4 Å². The van der Waals surface area contributed by atoms with E-state index in [9.17, 15) is 13.2 Å². The van der Waals surface area contributed by atoms with E-state index in [4.69, 9.17) is 4.74 Å². The summed E-state index contributed by atoms with van der Waals surface area (Å²) in [6.07, 6.45) is 1.46. The molecular weight excluding hydrogens is 256 g/mol. The van der Waals surface area contributed by atoms with Gasteiger partial charge >= 0.3 is 0 Å². The molecule has 18 heavy (non-hydrogen) atoms. The molecule has 2 heterocycles. The van der Waals surface area contributed by atoms with E-state index in [-0.39, 0.29) is 17.8 Å². The highest BCUT2D eigenvalue weighted by molar-refractivity contribution is 7.89. The Morgan fingerprint density at radius 2 is 2.22 bits per heavy atom. The maximum absolute atomic E-state index is 12.4. The number of hydrogen-bond donors (Lipinski definition) is 1. The number of carbonyl (C=O) groups excluding carboxylic acids is 1. The predicted molar refractivity (Wildman–Crippen MR) is 66.6 cm³/mol. The van der Waals surface area contributed by atoms with E-state index in [2.05, 4.69) is 5.32 Å². The van der Waals surface area contributed by atoms with Crippen molar-refractivity contribution in [3.8, 4) is 0 Å². The summed E-state index contributed by atoms with van der Waals surface area (Å²) in [5, 5.41) is 2.69. The first kappa shape index (κ1) is 13.8. The molecule has 2 fully saturated rings. The Balaban J connectivity index is 2.15. The van der Waals surface area contributed by atoms with Gasteiger partial charge in [-0.25, -0.2) is 8.42 Å². The monoisotopic (exact) mass is 276 g/mol. The second-order valence-corrected chi connectivity index (χ2v) is 7.24. The topological polar surface area (TPSA) is 75.7 Å². The number of nitrogens with zero attached hydrogens (tertiary/aromatic N) is 1. The van der Waals surface area contributed by atoms with Gasteiger partial charge in [-0.2, -0.15) is 4.31 Å². The maximum Gasteiger partial charge on any atom is 0.241 e. The van der Waals surface area contributed by atoms with Gasteiger partial charge in [0.15, 0.2) is 0 Å². The van der Waals surface area contributed by atoms with E-state index in [1.165, 1.54) is 4.31 Å². The summed E-state index contributed by atoms with van der Waals surface area (Å²) in [4.78, 5) is 11.8. The SMILES string of the molecule is CC1(C)C(=O)NCCN1S(=O)(=O)CC1CCCO1. The molecule has 0 spiro atoms. The summed E-state index contributed by atoms with van der Waals surface area (Å²) in [5.74, 6) is -0.270. The standard InChI is InChI=1S/C11H20N2O4S/c1-11(2)10(14)12-5-6-13(11)18(15,16)8-9-4-3-7-17-9/h9H,3-8H2,1-2H3,(H,12,14). The van der Waals surface area contributed by atoms with Crippen molar-refractivity contribution < 1.29 is 17.9 Å². The van der Waals surface area contributed by atoms with E-state index in [1.54, 1.807) is 13.8 Å². The molecule has 1 amide bonds. The lowest BCUT2D eigenvalue weighted by Gasteiger charge is -2.40. The van der Waals surface area contributed by atoms with Gasteiger partial charge in [-0.1, -0.05) is 0 Å². The van der Waals surface area contributed by atoms with Crippen molar-refractivity contribution in [2.45, 2.75) is 38.3 Å². The molecule has 6 nitrogen and oxygen atoms in total. The van der Waals surface area contributed by atoms with Crippen molar-refractivity contribution in [1.29, 1.82) is 0 Å². The van der Waals surface area contributed by atoms with Crippen LogP contribution in [-0.2, 0) is 19.6 Å². The third kappa shape index (κ3) is 2.53. The van der Waals surface area contributed by atoms with Crippen LogP contribution in [0, 0.1) is 0 Å². The molecule has 0 aromatic heterocycles. The van der Waals surface area contributed by atoms with Crippen LogP contribution >= 0.6 is 0 Å². The molecule has 1 unspecified atom stereocenters. The van der Waals surface area contributed by atoms with Gasteiger partial charge in [0, 0.05) is 19.7 Å². The first-order valence-electron chi connectivity index (χ1n) is 6.24. The third-order valence-corrected chi connectivity index (χ3v) is 5.64. The lowest BCUT2D eigenvalue weighted by Crippen LogP contribution is -2.63. The zero-order valence-electron chi connectivity index (χ0n) is 10.8. The number of rotatable bonds is 3. The van der Waals surface area contributed by atoms with Gasteiger partial charge < -0.3 is 10.1 Å². The maximum atomic E-state index is 12.4. The first-order valence-corrected chi connectivity index (χ1v) is 7.85. The highest BCUT2D eigenvalue weighted by atomic mass is 32.2. The summed E-state index contributed by atoms with van der Waals surface area (Å²) < 4.78 is 31.4. The molecular formula is C11H20N2O4S. The summed E-state index contributed by atoms with van der Waals surface area (Å²) in [5.41, 5.74) is -1.02. The Labute approximate surface area is 108 Å². The molecule has 0 radical (unpaired) electrons. The lowest BCUT2D eigenvalue weighted by molar-refractivity contribution is -0.131.